The number of alkyl halides is 2. The van der Waals surface area contributed by atoms with Crippen LogP contribution in [0.2, 0.25) is 0 Å². The second-order valence-electron chi connectivity index (χ2n) is 5.81. The van der Waals surface area contributed by atoms with Gasteiger partial charge in [0.1, 0.15) is 5.69 Å². The average molecular weight is 322 g/mol. The Kier molecular flexibility index (Phi) is 4.51. The van der Waals surface area contributed by atoms with E-state index in [4.69, 9.17) is 0 Å². The molecule has 6 nitrogen and oxygen atoms in total. The Morgan fingerprint density at radius 2 is 1.87 bits per heavy atom. The van der Waals surface area contributed by atoms with Crippen LogP contribution in [0.3, 0.4) is 0 Å². The lowest BCUT2D eigenvalue weighted by atomic mass is 10.2. The molecule has 0 aliphatic carbocycles. The minimum absolute atomic E-state index is 0.112. The van der Waals surface area contributed by atoms with Crippen LogP contribution in [0, 0.1) is 6.92 Å². The Morgan fingerprint density at radius 1 is 1.13 bits per heavy atom. The first kappa shape index (κ1) is 15.8. The van der Waals surface area contributed by atoms with Gasteiger partial charge in [-0.2, -0.15) is 10.2 Å². The lowest BCUT2D eigenvalue weighted by Crippen LogP contribution is -2.46. The molecule has 3 rings (SSSR count). The summed E-state index contributed by atoms with van der Waals surface area (Å²) in [5.41, 5.74) is 1.38. The van der Waals surface area contributed by atoms with Crippen LogP contribution in [0.15, 0.2) is 18.3 Å². The van der Waals surface area contributed by atoms with Gasteiger partial charge in [0.25, 0.3) is 6.43 Å². The molecule has 0 aromatic carbocycles. The summed E-state index contributed by atoms with van der Waals surface area (Å²) < 4.78 is 27.4. The smallest absolute Gasteiger partial charge is 0.282 e. The molecule has 23 heavy (non-hydrogen) atoms. The van der Waals surface area contributed by atoms with Gasteiger partial charge >= 0.3 is 0 Å². The van der Waals surface area contributed by atoms with E-state index in [1.165, 1.54) is 4.68 Å². The largest absolute Gasteiger partial charge is 0.353 e. The fraction of sp³-hybridized carbons (Fsp3) is 0.533. The molecule has 3 heterocycles. The van der Waals surface area contributed by atoms with Crippen molar-refractivity contribution in [1.82, 2.24) is 24.9 Å². The molecule has 1 fully saturated rings. The fourth-order valence-corrected chi connectivity index (χ4v) is 2.80. The first-order valence-electron chi connectivity index (χ1n) is 7.61. The first-order valence-corrected chi connectivity index (χ1v) is 7.61. The second kappa shape index (κ2) is 6.57. The standard InChI is InChI=1S/C15H20F2N6/c1-11-3-4-13(19-18-11)23-7-5-22(6-8-23)10-12-9-21(2)20-14(12)15(16)17/h3-4,9,15H,5-8,10H2,1-2H3. The van der Waals surface area contributed by atoms with Crippen LogP contribution in [-0.4, -0.2) is 51.1 Å². The number of hydrogen-bond acceptors (Lipinski definition) is 5. The van der Waals surface area contributed by atoms with Crippen molar-refractivity contribution in [2.75, 3.05) is 31.1 Å². The summed E-state index contributed by atoms with van der Waals surface area (Å²) in [6.07, 6.45) is -0.852. The molecule has 0 unspecified atom stereocenters. The molecule has 1 aliphatic heterocycles. The van der Waals surface area contributed by atoms with Crippen molar-refractivity contribution in [3.63, 3.8) is 0 Å². The summed E-state index contributed by atoms with van der Waals surface area (Å²) in [5, 5.41) is 12.1. The van der Waals surface area contributed by atoms with Crippen LogP contribution in [0.1, 0.15) is 23.4 Å². The third-order valence-corrected chi connectivity index (χ3v) is 4.02. The molecule has 2 aromatic rings. The molecular weight excluding hydrogens is 302 g/mol. The van der Waals surface area contributed by atoms with Gasteiger partial charge < -0.3 is 4.90 Å². The molecule has 1 aliphatic rings. The molecule has 0 bridgehead atoms. The highest BCUT2D eigenvalue weighted by molar-refractivity contribution is 5.37. The van der Waals surface area contributed by atoms with E-state index in [0.717, 1.165) is 37.7 Å². The number of aryl methyl sites for hydroxylation is 2. The maximum atomic E-state index is 13.0. The summed E-state index contributed by atoms with van der Waals surface area (Å²) >= 11 is 0. The van der Waals surface area contributed by atoms with Crippen LogP contribution < -0.4 is 4.90 Å². The Morgan fingerprint density at radius 3 is 2.48 bits per heavy atom. The number of nitrogens with zero attached hydrogens (tertiary/aromatic N) is 6. The Balaban J connectivity index is 1.60. The third kappa shape index (κ3) is 3.64. The van der Waals surface area contributed by atoms with Gasteiger partial charge in [0.05, 0.1) is 5.69 Å². The van der Waals surface area contributed by atoms with Gasteiger partial charge in [0.15, 0.2) is 5.82 Å². The van der Waals surface area contributed by atoms with Crippen LogP contribution in [0.5, 0.6) is 0 Å². The van der Waals surface area contributed by atoms with Crippen molar-refractivity contribution < 1.29 is 8.78 Å². The number of hydrogen-bond donors (Lipinski definition) is 0. The summed E-state index contributed by atoms with van der Waals surface area (Å²) in [4.78, 5) is 4.33. The number of halogens is 2. The SMILES string of the molecule is Cc1ccc(N2CCN(Cc3cn(C)nc3C(F)F)CC2)nn1. The lowest BCUT2D eigenvalue weighted by Gasteiger charge is -2.35. The van der Waals surface area contributed by atoms with Crippen LogP contribution in [-0.2, 0) is 13.6 Å². The maximum Gasteiger partial charge on any atom is 0.282 e. The van der Waals surface area contributed by atoms with E-state index in [2.05, 4.69) is 25.1 Å². The van der Waals surface area contributed by atoms with Gasteiger partial charge in [-0.3, -0.25) is 9.58 Å². The summed E-state index contributed by atoms with van der Waals surface area (Å²) in [5.74, 6) is 0.866. The first-order chi connectivity index (χ1) is 11.0. The van der Waals surface area contributed by atoms with E-state index < -0.39 is 6.43 Å². The molecule has 1 saturated heterocycles. The topological polar surface area (TPSA) is 50.1 Å². The van der Waals surface area contributed by atoms with Crippen LogP contribution in [0.25, 0.3) is 0 Å². The van der Waals surface area contributed by atoms with E-state index in [0.29, 0.717) is 12.1 Å². The monoisotopic (exact) mass is 322 g/mol. The van der Waals surface area contributed by atoms with E-state index >= 15 is 0 Å². The van der Waals surface area contributed by atoms with Crippen molar-refractivity contribution in [2.24, 2.45) is 7.05 Å². The van der Waals surface area contributed by atoms with Crippen molar-refractivity contribution >= 4 is 5.82 Å². The number of piperazine rings is 1. The van der Waals surface area contributed by atoms with Gasteiger partial charge in [-0.1, -0.05) is 0 Å². The van der Waals surface area contributed by atoms with Gasteiger partial charge in [-0.15, -0.1) is 5.10 Å². The summed E-state index contributed by atoms with van der Waals surface area (Å²) in [7, 11) is 1.67. The zero-order valence-corrected chi connectivity index (χ0v) is 13.3. The van der Waals surface area contributed by atoms with Crippen molar-refractivity contribution in [3.8, 4) is 0 Å². The molecule has 2 aromatic heterocycles. The highest BCUT2D eigenvalue weighted by Crippen LogP contribution is 2.23. The molecule has 0 spiro atoms. The van der Waals surface area contributed by atoms with Crippen molar-refractivity contribution in [3.05, 3.63) is 35.3 Å². The van der Waals surface area contributed by atoms with E-state index in [9.17, 15) is 8.78 Å². The average Bonchev–Trinajstić information content (AvgIpc) is 2.90. The molecule has 0 saturated carbocycles. The van der Waals surface area contributed by atoms with Gasteiger partial charge in [-0.25, -0.2) is 8.78 Å². The lowest BCUT2D eigenvalue weighted by molar-refractivity contribution is 0.142. The third-order valence-electron chi connectivity index (χ3n) is 4.02. The van der Waals surface area contributed by atoms with Crippen LogP contribution >= 0.6 is 0 Å². The van der Waals surface area contributed by atoms with Gasteiger partial charge in [0.2, 0.25) is 0 Å². The quantitative estimate of drug-likeness (QED) is 0.859. The normalized spacial score (nSPS) is 16.3. The molecule has 0 amide bonds. The minimum Gasteiger partial charge on any atom is -0.353 e. The zero-order valence-electron chi connectivity index (χ0n) is 13.3. The molecule has 0 atom stereocenters. The highest BCUT2D eigenvalue weighted by atomic mass is 19.3. The predicted molar refractivity (Wildman–Crippen MR) is 82.4 cm³/mol. The Labute approximate surface area is 133 Å². The van der Waals surface area contributed by atoms with Crippen molar-refractivity contribution in [2.45, 2.75) is 19.9 Å². The van der Waals surface area contributed by atoms with Gasteiger partial charge in [-0.05, 0) is 19.1 Å². The zero-order chi connectivity index (χ0) is 16.4. The van der Waals surface area contributed by atoms with Gasteiger partial charge in [0, 0.05) is 51.5 Å². The highest BCUT2D eigenvalue weighted by Gasteiger charge is 2.22. The van der Waals surface area contributed by atoms with Crippen molar-refractivity contribution in [1.29, 1.82) is 0 Å². The molecule has 8 heteroatoms. The number of aromatic nitrogens is 4. The fourth-order valence-electron chi connectivity index (χ4n) is 2.80. The molecule has 124 valence electrons. The number of rotatable bonds is 4. The summed E-state index contributed by atoms with van der Waals surface area (Å²) in [6.45, 7) is 5.62. The second-order valence-corrected chi connectivity index (χ2v) is 5.81. The van der Waals surface area contributed by atoms with Crippen LogP contribution in [0.4, 0.5) is 14.6 Å². The summed E-state index contributed by atoms with van der Waals surface area (Å²) in [6, 6.07) is 3.91. The molecular formula is C15H20F2N6. The Hall–Kier alpha value is -2.09. The van der Waals surface area contributed by atoms with E-state index in [-0.39, 0.29) is 5.69 Å². The van der Waals surface area contributed by atoms with E-state index in [1.54, 1.807) is 13.2 Å². The Bertz CT molecular complexity index is 646. The maximum absolute atomic E-state index is 13.0. The minimum atomic E-state index is -2.53. The van der Waals surface area contributed by atoms with E-state index in [1.807, 2.05) is 19.1 Å². The number of anilines is 1. The molecule has 0 N–H and O–H groups in total. The predicted octanol–water partition coefficient (Wildman–Crippen LogP) is 1.78. The molecule has 0 radical (unpaired) electrons.